The molecule has 0 aliphatic rings. The zero-order valence-corrected chi connectivity index (χ0v) is 12.9. The van der Waals surface area contributed by atoms with Gasteiger partial charge < -0.3 is 16.0 Å². The van der Waals surface area contributed by atoms with Gasteiger partial charge in [0.1, 0.15) is 0 Å². The molecule has 1 amide bonds. The maximum absolute atomic E-state index is 12.3. The number of carbonyl (C=O) groups excluding carboxylic acids is 1. The largest absolute Gasteiger partial charge is 0.399 e. The highest BCUT2D eigenvalue weighted by Crippen LogP contribution is 2.27. The zero-order valence-electron chi connectivity index (χ0n) is 12.9. The number of hydrogen-bond acceptors (Lipinski definition) is 3. The molecule has 0 saturated heterocycles. The summed E-state index contributed by atoms with van der Waals surface area (Å²) >= 11 is 0. The van der Waals surface area contributed by atoms with Gasteiger partial charge >= 0.3 is 0 Å². The number of rotatable bonds is 3. The molecular formula is C17H21N3O. The third-order valence-electron chi connectivity index (χ3n) is 3.55. The lowest BCUT2D eigenvalue weighted by atomic mass is 10.1. The van der Waals surface area contributed by atoms with Gasteiger partial charge in [0.05, 0.1) is 11.3 Å². The first kappa shape index (κ1) is 14.9. The summed E-state index contributed by atoms with van der Waals surface area (Å²) in [7, 11) is 3.47. The summed E-state index contributed by atoms with van der Waals surface area (Å²) in [6.07, 6.45) is 0. The summed E-state index contributed by atoms with van der Waals surface area (Å²) in [5, 5.41) is 3.33. The van der Waals surface area contributed by atoms with E-state index in [4.69, 9.17) is 5.73 Å². The Balaban J connectivity index is 2.46. The van der Waals surface area contributed by atoms with Crippen molar-refractivity contribution >= 4 is 23.0 Å². The van der Waals surface area contributed by atoms with Gasteiger partial charge in [-0.15, -0.1) is 0 Å². The zero-order chi connectivity index (χ0) is 15.6. The fourth-order valence-electron chi connectivity index (χ4n) is 2.12. The molecule has 2 aromatic rings. The molecule has 0 spiro atoms. The topological polar surface area (TPSA) is 58.4 Å². The first-order chi connectivity index (χ1) is 9.90. The standard InChI is InChI=1S/C17H21N3O/c1-11-6-5-7-15(12(11)2)19-16-10-13(18)8-9-14(16)17(21)20(3)4/h5-10,19H,18H2,1-4H3. The van der Waals surface area contributed by atoms with Gasteiger partial charge in [0.2, 0.25) is 0 Å². The molecule has 2 aromatic carbocycles. The van der Waals surface area contributed by atoms with E-state index in [1.807, 2.05) is 12.1 Å². The molecule has 0 aliphatic heterocycles. The molecule has 2 rings (SSSR count). The van der Waals surface area contributed by atoms with E-state index in [1.165, 1.54) is 5.56 Å². The second-order valence-electron chi connectivity index (χ2n) is 5.38. The molecular weight excluding hydrogens is 262 g/mol. The maximum Gasteiger partial charge on any atom is 0.255 e. The van der Waals surface area contributed by atoms with Crippen molar-refractivity contribution in [2.24, 2.45) is 0 Å². The van der Waals surface area contributed by atoms with Crippen LogP contribution in [0.25, 0.3) is 0 Å². The van der Waals surface area contributed by atoms with Gasteiger partial charge in [-0.2, -0.15) is 0 Å². The van der Waals surface area contributed by atoms with Crippen LogP contribution in [0, 0.1) is 13.8 Å². The Bertz CT molecular complexity index is 678. The van der Waals surface area contributed by atoms with Crippen LogP contribution in [0.4, 0.5) is 17.1 Å². The number of carbonyl (C=O) groups is 1. The van der Waals surface area contributed by atoms with E-state index >= 15 is 0 Å². The number of amides is 1. The molecule has 0 aliphatic carbocycles. The average molecular weight is 283 g/mol. The quantitative estimate of drug-likeness (QED) is 0.849. The molecule has 21 heavy (non-hydrogen) atoms. The predicted molar refractivity (Wildman–Crippen MR) is 88.1 cm³/mol. The van der Waals surface area contributed by atoms with Crippen LogP contribution in [-0.4, -0.2) is 24.9 Å². The summed E-state index contributed by atoms with van der Waals surface area (Å²) in [6.45, 7) is 4.11. The summed E-state index contributed by atoms with van der Waals surface area (Å²) in [5.74, 6) is -0.0530. The molecule has 0 saturated carbocycles. The maximum atomic E-state index is 12.3. The van der Waals surface area contributed by atoms with Gasteiger partial charge in [-0.25, -0.2) is 0 Å². The summed E-state index contributed by atoms with van der Waals surface area (Å²) in [5.41, 5.74) is 11.1. The van der Waals surface area contributed by atoms with Crippen molar-refractivity contribution < 1.29 is 4.79 Å². The molecule has 4 nitrogen and oxygen atoms in total. The number of nitrogens with zero attached hydrogens (tertiary/aromatic N) is 1. The number of aryl methyl sites for hydroxylation is 1. The lowest BCUT2D eigenvalue weighted by molar-refractivity contribution is 0.0828. The summed E-state index contributed by atoms with van der Waals surface area (Å²) in [4.78, 5) is 13.8. The molecule has 110 valence electrons. The van der Waals surface area contributed by atoms with Crippen LogP contribution >= 0.6 is 0 Å². The molecule has 0 radical (unpaired) electrons. The molecule has 0 heterocycles. The Kier molecular flexibility index (Phi) is 4.17. The molecule has 3 N–H and O–H groups in total. The van der Waals surface area contributed by atoms with Gasteiger partial charge in [-0.3, -0.25) is 4.79 Å². The predicted octanol–water partition coefficient (Wildman–Crippen LogP) is 3.33. The Labute approximate surface area is 125 Å². The van der Waals surface area contributed by atoms with Crippen LogP contribution in [0.1, 0.15) is 21.5 Å². The van der Waals surface area contributed by atoms with Crippen LogP contribution < -0.4 is 11.1 Å². The normalized spacial score (nSPS) is 10.3. The van der Waals surface area contributed by atoms with E-state index in [1.54, 1.807) is 37.2 Å². The fourth-order valence-corrected chi connectivity index (χ4v) is 2.12. The second kappa shape index (κ2) is 5.87. The minimum absolute atomic E-state index is 0.0530. The van der Waals surface area contributed by atoms with E-state index in [9.17, 15) is 4.79 Å². The first-order valence-electron chi connectivity index (χ1n) is 6.84. The van der Waals surface area contributed by atoms with Crippen LogP contribution in [0.2, 0.25) is 0 Å². The van der Waals surface area contributed by atoms with Crippen molar-refractivity contribution in [2.45, 2.75) is 13.8 Å². The van der Waals surface area contributed by atoms with Crippen molar-refractivity contribution in [3.8, 4) is 0 Å². The number of nitrogens with two attached hydrogens (primary N) is 1. The van der Waals surface area contributed by atoms with Gasteiger partial charge in [0.25, 0.3) is 5.91 Å². The summed E-state index contributed by atoms with van der Waals surface area (Å²) < 4.78 is 0. The van der Waals surface area contributed by atoms with Crippen molar-refractivity contribution in [3.05, 3.63) is 53.1 Å². The minimum atomic E-state index is -0.0530. The van der Waals surface area contributed by atoms with Gasteiger partial charge in [-0.05, 0) is 49.2 Å². The van der Waals surface area contributed by atoms with E-state index < -0.39 is 0 Å². The Hall–Kier alpha value is -2.49. The fraction of sp³-hybridized carbons (Fsp3) is 0.235. The highest BCUT2D eigenvalue weighted by Gasteiger charge is 2.14. The molecule has 0 bridgehead atoms. The van der Waals surface area contributed by atoms with Crippen molar-refractivity contribution in [2.75, 3.05) is 25.1 Å². The molecule has 0 aromatic heterocycles. The molecule has 0 atom stereocenters. The SMILES string of the molecule is Cc1cccc(Nc2cc(N)ccc2C(=O)N(C)C)c1C. The third-order valence-corrected chi connectivity index (χ3v) is 3.55. The van der Waals surface area contributed by atoms with Gasteiger partial charge in [0, 0.05) is 25.5 Å². The lowest BCUT2D eigenvalue weighted by Gasteiger charge is -2.17. The molecule has 0 unspecified atom stereocenters. The number of nitrogens with one attached hydrogen (secondary N) is 1. The van der Waals surface area contributed by atoms with Gasteiger partial charge in [-0.1, -0.05) is 12.1 Å². The van der Waals surface area contributed by atoms with E-state index in [2.05, 4.69) is 25.2 Å². The van der Waals surface area contributed by atoms with Gasteiger partial charge in [0.15, 0.2) is 0 Å². The first-order valence-corrected chi connectivity index (χ1v) is 6.84. The smallest absolute Gasteiger partial charge is 0.255 e. The summed E-state index contributed by atoms with van der Waals surface area (Å²) in [6, 6.07) is 11.3. The Morgan fingerprint density at radius 1 is 1.10 bits per heavy atom. The van der Waals surface area contributed by atoms with Crippen molar-refractivity contribution in [1.82, 2.24) is 4.90 Å². The third kappa shape index (κ3) is 3.16. The van der Waals surface area contributed by atoms with Crippen LogP contribution in [0.3, 0.4) is 0 Å². The van der Waals surface area contributed by atoms with Crippen LogP contribution in [0.15, 0.2) is 36.4 Å². The Morgan fingerprint density at radius 2 is 1.81 bits per heavy atom. The Morgan fingerprint density at radius 3 is 2.48 bits per heavy atom. The van der Waals surface area contributed by atoms with Crippen molar-refractivity contribution in [1.29, 1.82) is 0 Å². The average Bonchev–Trinajstić information content (AvgIpc) is 2.43. The van der Waals surface area contributed by atoms with Crippen LogP contribution in [0.5, 0.6) is 0 Å². The van der Waals surface area contributed by atoms with E-state index in [0.717, 1.165) is 16.9 Å². The number of anilines is 3. The monoisotopic (exact) mass is 283 g/mol. The number of nitrogen functional groups attached to an aromatic ring is 1. The highest BCUT2D eigenvalue weighted by atomic mass is 16.2. The highest BCUT2D eigenvalue weighted by molar-refractivity contribution is 6.00. The van der Waals surface area contributed by atoms with Crippen molar-refractivity contribution in [3.63, 3.8) is 0 Å². The van der Waals surface area contributed by atoms with E-state index in [-0.39, 0.29) is 5.91 Å². The number of hydrogen-bond donors (Lipinski definition) is 2. The minimum Gasteiger partial charge on any atom is -0.399 e. The van der Waals surface area contributed by atoms with Crippen LogP contribution in [-0.2, 0) is 0 Å². The second-order valence-corrected chi connectivity index (χ2v) is 5.38. The number of benzene rings is 2. The molecule has 4 heteroatoms. The van der Waals surface area contributed by atoms with E-state index in [0.29, 0.717) is 11.3 Å². The molecule has 0 fully saturated rings. The lowest BCUT2D eigenvalue weighted by Crippen LogP contribution is -2.22.